The molecule has 2 aliphatic heterocycles. The van der Waals surface area contributed by atoms with Crippen LogP contribution in [0.4, 0.5) is 0 Å². The van der Waals surface area contributed by atoms with E-state index in [2.05, 4.69) is 23.1 Å². The Kier molecular flexibility index (Phi) is 6.01. The molecule has 0 radical (unpaired) electrons. The summed E-state index contributed by atoms with van der Waals surface area (Å²) in [6.07, 6.45) is 6.77. The zero-order valence-corrected chi connectivity index (χ0v) is 17.5. The third kappa shape index (κ3) is 4.70. The summed E-state index contributed by atoms with van der Waals surface area (Å²) < 4.78 is 11.4. The molecule has 1 fully saturated rings. The van der Waals surface area contributed by atoms with E-state index in [4.69, 9.17) is 20.9 Å². The minimum Gasteiger partial charge on any atom is -0.370 e. The van der Waals surface area contributed by atoms with Gasteiger partial charge in [-0.05, 0) is 44.7 Å². The van der Waals surface area contributed by atoms with E-state index in [1.165, 1.54) is 5.57 Å². The highest BCUT2D eigenvalue weighted by Crippen LogP contribution is 2.33. The Morgan fingerprint density at radius 1 is 1.28 bits per heavy atom. The lowest BCUT2D eigenvalue weighted by Crippen LogP contribution is -2.48. The SMILES string of the molecule is CC1=CC2(CCN(C(=O)CCCc3nc(-c4ccccc4Cl)no3)CC2)OCC1. The molecule has 0 bridgehead atoms. The number of carbonyl (C=O) groups excluding carboxylic acids is 1. The van der Waals surface area contributed by atoms with Crippen molar-refractivity contribution in [2.75, 3.05) is 19.7 Å². The second-order valence-electron chi connectivity index (χ2n) is 7.88. The molecule has 1 spiro atoms. The van der Waals surface area contributed by atoms with Crippen molar-refractivity contribution in [2.24, 2.45) is 0 Å². The fourth-order valence-electron chi connectivity index (χ4n) is 4.06. The lowest BCUT2D eigenvalue weighted by atomic mass is 9.87. The molecule has 154 valence electrons. The van der Waals surface area contributed by atoms with Crippen LogP contribution in [0.15, 0.2) is 40.4 Å². The average Bonchev–Trinajstić information content (AvgIpc) is 3.17. The number of piperidine rings is 1. The normalized spacial score (nSPS) is 18.7. The van der Waals surface area contributed by atoms with Crippen LogP contribution in [0.3, 0.4) is 0 Å². The van der Waals surface area contributed by atoms with Gasteiger partial charge in [0, 0.05) is 31.5 Å². The maximum Gasteiger partial charge on any atom is 0.226 e. The number of nitrogens with zero attached hydrogens (tertiary/aromatic N) is 3. The third-order valence-corrected chi connectivity index (χ3v) is 6.05. The first-order chi connectivity index (χ1) is 14.0. The lowest BCUT2D eigenvalue weighted by Gasteiger charge is -2.42. The number of hydrogen-bond acceptors (Lipinski definition) is 5. The fourth-order valence-corrected chi connectivity index (χ4v) is 4.28. The molecule has 1 aromatic carbocycles. The van der Waals surface area contributed by atoms with Crippen LogP contribution in [-0.4, -0.2) is 46.2 Å². The van der Waals surface area contributed by atoms with E-state index < -0.39 is 0 Å². The minimum absolute atomic E-state index is 0.155. The number of benzene rings is 1. The Hall–Kier alpha value is -2.18. The van der Waals surface area contributed by atoms with Crippen molar-refractivity contribution in [1.29, 1.82) is 0 Å². The van der Waals surface area contributed by atoms with Gasteiger partial charge < -0.3 is 14.2 Å². The molecular weight excluding hydrogens is 390 g/mol. The van der Waals surface area contributed by atoms with Crippen molar-refractivity contribution in [3.63, 3.8) is 0 Å². The van der Waals surface area contributed by atoms with Crippen molar-refractivity contribution >= 4 is 17.5 Å². The van der Waals surface area contributed by atoms with Gasteiger partial charge >= 0.3 is 0 Å². The van der Waals surface area contributed by atoms with E-state index >= 15 is 0 Å². The highest BCUT2D eigenvalue weighted by Gasteiger charge is 2.36. The maximum atomic E-state index is 12.6. The van der Waals surface area contributed by atoms with Crippen LogP contribution in [0.2, 0.25) is 5.02 Å². The van der Waals surface area contributed by atoms with Crippen LogP contribution < -0.4 is 0 Å². The topological polar surface area (TPSA) is 68.5 Å². The van der Waals surface area contributed by atoms with Gasteiger partial charge in [-0.2, -0.15) is 4.98 Å². The number of amides is 1. The lowest BCUT2D eigenvalue weighted by molar-refractivity contribution is -0.136. The van der Waals surface area contributed by atoms with Gasteiger partial charge in [0.25, 0.3) is 0 Å². The number of aromatic nitrogens is 2. The molecule has 3 heterocycles. The molecule has 0 N–H and O–H groups in total. The van der Waals surface area contributed by atoms with Gasteiger partial charge in [-0.15, -0.1) is 0 Å². The first-order valence-electron chi connectivity index (χ1n) is 10.2. The van der Waals surface area contributed by atoms with Crippen LogP contribution in [0.5, 0.6) is 0 Å². The molecular formula is C22H26ClN3O3. The molecule has 1 aromatic heterocycles. The highest BCUT2D eigenvalue weighted by atomic mass is 35.5. The van der Waals surface area contributed by atoms with Gasteiger partial charge in [0.15, 0.2) is 0 Å². The summed E-state index contributed by atoms with van der Waals surface area (Å²) in [7, 11) is 0. The second-order valence-corrected chi connectivity index (χ2v) is 8.29. The molecule has 0 aliphatic carbocycles. The smallest absolute Gasteiger partial charge is 0.226 e. The standard InChI is InChI=1S/C22H26ClN3O3/c1-16-9-14-28-22(15-16)10-12-26(13-11-22)20(27)8-4-7-19-24-21(25-29-19)17-5-2-3-6-18(17)23/h2-3,5-6,15H,4,7-14H2,1H3. The van der Waals surface area contributed by atoms with Gasteiger partial charge in [-0.3, -0.25) is 4.79 Å². The van der Waals surface area contributed by atoms with Crippen LogP contribution in [-0.2, 0) is 16.0 Å². The zero-order chi connectivity index (χ0) is 20.3. The molecule has 2 aliphatic rings. The summed E-state index contributed by atoms with van der Waals surface area (Å²) in [5.41, 5.74) is 1.99. The van der Waals surface area contributed by atoms with E-state index in [0.717, 1.165) is 44.5 Å². The number of hydrogen-bond donors (Lipinski definition) is 0. The number of carbonyl (C=O) groups is 1. The van der Waals surface area contributed by atoms with Gasteiger partial charge in [0.05, 0.1) is 17.2 Å². The van der Waals surface area contributed by atoms with Crippen LogP contribution in [0.1, 0.15) is 44.9 Å². The first kappa shape index (κ1) is 20.1. The van der Waals surface area contributed by atoms with E-state index in [0.29, 0.717) is 36.0 Å². The predicted molar refractivity (Wildman–Crippen MR) is 111 cm³/mol. The van der Waals surface area contributed by atoms with E-state index in [1.54, 1.807) is 6.07 Å². The van der Waals surface area contributed by atoms with Crippen molar-refractivity contribution in [2.45, 2.75) is 51.0 Å². The summed E-state index contributed by atoms with van der Waals surface area (Å²) in [6, 6.07) is 7.40. The Labute approximate surface area is 175 Å². The number of likely N-dealkylation sites (tertiary alicyclic amines) is 1. The minimum atomic E-state index is -0.155. The van der Waals surface area contributed by atoms with Gasteiger partial charge in [-0.1, -0.05) is 40.5 Å². The largest absolute Gasteiger partial charge is 0.370 e. The average molecular weight is 416 g/mol. The number of ether oxygens (including phenoxy) is 1. The zero-order valence-electron chi connectivity index (χ0n) is 16.7. The Morgan fingerprint density at radius 2 is 2.07 bits per heavy atom. The maximum absolute atomic E-state index is 12.6. The van der Waals surface area contributed by atoms with Crippen molar-refractivity contribution in [3.05, 3.63) is 46.8 Å². The summed E-state index contributed by atoms with van der Waals surface area (Å²) >= 11 is 6.18. The van der Waals surface area contributed by atoms with E-state index in [9.17, 15) is 4.79 Å². The number of aryl methyl sites for hydroxylation is 1. The Bertz CT molecular complexity index is 900. The number of halogens is 1. The molecule has 7 heteroatoms. The molecule has 29 heavy (non-hydrogen) atoms. The molecule has 0 saturated carbocycles. The predicted octanol–water partition coefficient (Wildman–Crippen LogP) is 4.44. The molecule has 0 unspecified atom stereocenters. The third-order valence-electron chi connectivity index (χ3n) is 5.72. The molecule has 4 rings (SSSR count). The van der Waals surface area contributed by atoms with Gasteiger partial charge in [-0.25, -0.2) is 0 Å². The fraction of sp³-hybridized carbons (Fsp3) is 0.500. The monoisotopic (exact) mass is 415 g/mol. The van der Waals surface area contributed by atoms with E-state index in [1.807, 2.05) is 23.1 Å². The molecule has 0 atom stereocenters. The quantitative estimate of drug-likeness (QED) is 0.675. The van der Waals surface area contributed by atoms with Crippen molar-refractivity contribution in [3.8, 4) is 11.4 Å². The van der Waals surface area contributed by atoms with E-state index in [-0.39, 0.29) is 11.5 Å². The highest BCUT2D eigenvalue weighted by molar-refractivity contribution is 6.33. The first-order valence-corrected chi connectivity index (χ1v) is 10.6. The molecule has 1 saturated heterocycles. The number of rotatable bonds is 5. The van der Waals surface area contributed by atoms with Gasteiger partial charge in [0.1, 0.15) is 0 Å². The van der Waals surface area contributed by atoms with Crippen LogP contribution >= 0.6 is 11.6 Å². The second kappa shape index (κ2) is 8.67. The molecule has 6 nitrogen and oxygen atoms in total. The summed E-state index contributed by atoms with van der Waals surface area (Å²) in [4.78, 5) is 18.9. The van der Waals surface area contributed by atoms with Crippen molar-refractivity contribution < 1.29 is 14.1 Å². The summed E-state index contributed by atoms with van der Waals surface area (Å²) in [5.74, 6) is 1.19. The Morgan fingerprint density at radius 3 is 2.83 bits per heavy atom. The summed E-state index contributed by atoms with van der Waals surface area (Å²) in [5, 5.41) is 4.59. The van der Waals surface area contributed by atoms with Crippen LogP contribution in [0.25, 0.3) is 11.4 Å². The van der Waals surface area contributed by atoms with Gasteiger partial charge in [0.2, 0.25) is 17.6 Å². The van der Waals surface area contributed by atoms with Crippen molar-refractivity contribution in [1.82, 2.24) is 15.0 Å². The summed E-state index contributed by atoms with van der Waals surface area (Å²) in [6.45, 7) is 4.45. The molecule has 1 amide bonds. The molecule has 2 aromatic rings. The Balaban J connectivity index is 1.25. The van der Waals surface area contributed by atoms with Crippen LogP contribution in [0, 0.1) is 0 Å².